The first-order valence-electron chi connectivity index (χ1n) is 9.82. The fourth-order valence-corrected chi connectivity index (χ4v) is 6.35. The monoisotopic (exact) mass is 389 g/mol. The van der Waals surface area contributed by atoms with E-state index >= 15 is 0 Å². The van der Waals surface area contributed by atoms with Gasteiger partial charge < -0.3 is 9.47 Å². The highest BCUT2D eigenvalue weighted by atomic mass is 32.2. The van der Waals surface area contributed by atoms with Crippen LogP contribution in [0.4, 0.5) is 0 Å². The van der Waals surface area contributed by atoms with Crippen molar-refractivity contribution in [2.24, 2.45) is 0 Å². The summed E-state index contributed by atoms with van der Waals surface area (Å²) < 4.78 is 29.1. The van der Waals surface area contributed by atoms with Crippen molar-refractivity contribution >= 4 is 26.8 Å². The number of likely N-dealkylation sites (tertiary alicyclic amines) is 1. The molecule has 6 nitrogen and oxygen atoms in total. The molecule has 146 valence electrons. The molecular weight excluding hydrogens is 362 g/mol. The van der Waals surface area contributed by atoms with Gasteiger partial charge in [0, 0.05) is 37.9 Å². The summed E-state index contributed by atoms with van der Waals surface area (Å²) >= 11 is 0. The lowest BCUT2D eigenvalue weighted by molar-refractivity contribution is -0.135. The van der Waals surface area contributed by atoms with Crippen molar-refractivity contribution in [2.75, 3.05) is 26.2 Å². The number of amides is 1. The summed E-state index contributed by atoms with van der Waals surface area (Å²) in [6.45, 7) is 4.25. The maximum absolute atomic E-state index is 13.0. The van der Waals surface area contributed by atoms with Gasteiger partial charge in [-0.1, -0.05) is 18.2 Å². The molecule has 1 atom stereocenters. The number of aromatic nitrogens is 1. The Labute approximate surface area is 160 Å². The predicted molar refractivity (Wildman–Crippen MR) is 106 cm³/mol. The summed E-state index contributed by atoms with van der Waals surface area (Å²) in [5, 5.41) is 0.773. The van der Waals surface area contributed by atoms with E-state index in [1.165, 1.54) is 0 Å². The Bertz CT molecular complexity index is 923. The van der Waals surface area contributed by atoms with Gasteiger partial charge >= 0.3 is 0 Å². The fourth-order valence-electron chi connectivity index (χ4n) is 4.35. The molecule has 0 radical (unpaired) electrons. The number of para-hydroxylation sites is 1. The molecule has 4 rings (SSSR count). The van der Waals surface area contributed by atoms with Crippen LogP contribution in [0.1, 0.15) is 38.6 Å². The molecule has 27 heavy (non-hydrogen) atoms. The molecule has 1 aromatic carbocycles. The smallest absolute Gasteiger partial charge is 0.245 e. The summed E-state index contributed by atoms with van der Waals surface area (Å²) in [5.74, 6) is 0.0633. The topological polar surface area (TPSA) is 62.6 Å². The number of sulfonamides is 1. The number of carbonyl (C=O) groups is 1. The summed E-state index contributed by atoms with van der Waals surface area (Å²) in [6.07, 6.45) is 4.93. The molecule has 0 bridgehead atoms. The molecule has 2 aromatic rings. The van der Waals surface area contributed by atoms with Crippen LogP contribution in [0.2, 0.25) is 0 Å². The molecule has 2 aliphatic rings. The van der Waals surface area contributed by atoms with Gasteiger partial charge in [-0.25, -0.2) is 12.7 Å². The molecule has 2 fully saturated rings. The average Bonchev–Trinajstić information content (AvgIpc) is 3.37. The summed E-state index contributed by atoms with van der Waals surface area (Å²) in [6, 6.07) is 9.76. The van der Waals surface area contributed by atoms with Gasteiger partial charge in [-0.2, -0.15) is 0 Å². The van der Waals surface area contributed by atoms with E-state index in [-0.39, 0.29) is 17.2 Å². The summed E-state index contributed by atoms with van der Waals surface area (Å²) in [7, 11) is -3.21. The first-order valence-corrected chi connectivity index (χ1v) is 11.3. The van der Waals surface area contributed by atoms with Crippen LogP contribution in [0.25, 0.3) is 10.9 Å². The second-order valence-corrected chi connectivity index (χ2v) is 9.85. The van der Waals surface area contributed by atoms with Crippen molar-refractivity contribution in [1.29, 1.82) is 0 Å². The van der Waals surface area contributed by atoms with Crippen LogP contribution < -0.4 is 0 Å². The number of rotatable bonds is 4. The largest absolute Gasteiger partial charge is 0.341 e. The third-order valence-electron chi connectivity index (χ3n) is 6.00. The second-order valence-electron chi connectivity index (χ2n) is 7.63. The van der Waals surface area contributed by atoms with Crippen LogP contribution in [-0.2, 0) is 14.8 Å². The van der Waals surface area contributed by atoms with Crippen molar-refractivity contribution in [2.45, 2.75) is 43.9 Å². The highest BCUT2D eigenvalue weighted by molar-refractivity contribution is 7.89. The SMILES string of the molecule is CC(C(=O)N1CCC(S(=O)(=O)N2CCCC2)CC1)n1ccc2ccccc21. The zero-order chi connectivity index (χ0) is 19.0. The Hall–Kier alpha value is -1.86. The van der Waals surface area contributed by atoms with Gasteiger partial charge in [0.05, 0.1) is 5.25 Å². The number of hydrogen-bond acceptors (Lipinski definition) is 3. The number of hydrogen-bond donors (Lipinski definition) is 0. The predicted octanol–water partition coefficient (Wildman–Crippen LogP) is 2.62. The molecule has 1 amide bonds. The van der Waals surface area contributed by atoms with Gasteiger partial charge in [-0.05, 0) is 50.1 Å². The Morgan fingerprint density at radius 2 is 1.70 bits per heavy atom. The molecule has 0 saturated carbocycles. The van der Waals surface area contributed by atoms with E-state index in [1.807, 2.05) is 52.9 Å². The average molecular weight is 390 g/mol. The van der Waals surface area contributed by atoms with Crippen LogP contribution in [-0.4, -0.2) is 59.5 Å². The van der Waals surface area contributed by atoms with E-state index in [1.54, 1.807) is 4.31 Å². The van der Waals surface area contributed by atoms with Gasteiger partial charge in [0.1, 0.15) is 6.04 Å². The number of benzene rings is 1. The second kappa shape index (κ2) is 7.28. The molecular formula is C20H27N3O3S. The van der Waals surface area contributed by atoms with E-state index in [2.05, 4.69) is 0 Å². The number of nitrogens with zero attached hydrogens (tertiary/aromatic N) is 3. The van der Waals surface area contributed by atoms with Gasteiger partial charge in [0.15, 0.2) is 0 Å². The minimum Gasteiger partial charge on any atom is -0.341 e. The summed E-state index contributed by atoms with van der Waals surface area (Å²) in [5.41, 5.74) is 1.05. The molecule has 1 aromatic heterocycles. The first kappa shape index (κ1) is 18.5. The van der Waals surface area contributed by atoms with Gasteiger partial charge in [0.2, 0.25) is 15.9 Å². The van der Waals surface area contributed by atoms with Gasteiger partial charge in [0.25, 0.3) is 0 Å². The van der Waals surface area contributed by atoms with Gasteiger partial charge in [-0.3, -0.25) is 4.79 Å². The zero-order valence-corrected chi connectivity index (χ0v) is 16.6. The normalized spacial score (nSPS) is 21.0. The molecule has 7 heteroatoms. The molecule has 3 heterocycles. The molecule has 1 unspecified atom stereocenters. The molecule has 2 aliphatic heterocycles. The molecule has 2 saturated heterocycles. The van der Waals surface area contributed by atoms with E-state index in [0.717, 1.165) is 23.7 Å². The molecule has 0 N–H and O–H groups in total. The summed E-state index contributed by atoms with van der Waals surface area (Å²) in [4.78, 5) is 14.8. The Morgan fingerprint density at radius 3 is 2.41 bits per heavy atom. The van der Waals surface area contributed by atoms with Crippen molar-refractivity contribution < 1.29 is 13.2 Å². The van der Waals surface area contributed by atoms with E-state index in [4.69, 9.17) is 0 Å². The van der Waals surface area contributed by atoms with Crippen molar-refractivity contribution in [3.63, 3.8) is 0 Å². The van der Waals surface area contributed by atoms with E-state index in [9.17, 15) is 13.2 Å². The lowest BCUT2D eigenvalue weighted by atomic mass is 10.1. The quantitative estimate of drug-likeness (QED) is 0.808. The van der Waals surface area contributed by atoms with Crippen LogP contribution >= 0.6 is 0 Å². The Balaban J connectivity index is 1.42. The number of piperidine rings is 1. The maximum Gasteiger partial charge on any atom is 0.245 e. The highest BCUT2D eigenvalue weighted by Gasteiger charge is 2.37. The number of carbonyl (C=O) groups excluding carboxylic acids is 1. The molecule has 0 spiro atoms. The van der Waals surface area contributed by atoms with Crippen LogP contribution in [0.15, 0.2) is 36.5 Å². The van der Waals surface area contributed by atoms with Crippen molar-refractivity contribution in [3.8, 4) is 0 Å². The van der Waals surface area contributed by atoms with Crippen molar-refractivity contribution in [1.82, 2.24) is 13.8 Å². The highest BCUT2D eigenvalue weighted by Crippen LogP contribution is 2.27. The third kappa shape index (κ3) is 3.38. The van der Waals surface area contributed by atoms with Crippen LogP contribution in [0.5, 0.6) is 0 Å². The van der Waals surface area contributed by atoms with Gasteiger partial charge in [-0.15, -0.1) is 0 Å². The Kier molecular flexibility index (Phi) is 4.99. The van der Waals surface area contributed by atoms with Crippen LogP contribution in [0.3, 0.4) is 0 Å². The van der Waals surface area contributed by atoms with E-state index < -0.39 is 10.0 Å². The fraction of sp³-hybridized carbons (Fsp3) is 0.550. The van der Waals surface area contributed by atoms with Crippen molar-refractivity contribution in [3.05, 3.63) is 36.5 Å². The maximum atomic E-state index is 13.0. The Morgan fingerprint density at radius 1 is 1.04 bits per heavy atom. The number of fused-ring (bicyclic) bond motifs is 1. The lowest BCUT2D eigenvalue weighted by Crippen LogP contribution is -2.47. The zero-order valence-electron chi connectivity index (χ0n) is 15.8. The molecule has 0 aliphatic carbocycles. The first-order chi connectivity index (χ1) is 13.0. The standard InChI is InChI=1S/C20H27N3O3S/c1-16(23-15-8-17-6-2-3-7-19(17)23)20(24)21-13-9-18(10-14-21)27(25,26)22-11-4-5-12-22/h2-3,6-8,15-16,18H,4-5,9-14H2,1H3. The minimum atomic E-state index is -3.21. The third-order valence-corrected chi connectivity index (χ3v) is 8.40. The van der Waals surface area contributed by atoms with Crippen LogP contribution in [0, 0.1) is 0 Å². The lowest BCUT2D eigenvalue weighted by Gasteiger charge is -2.35. The van der Waals surface area contributed by atoms with E-state index in [0.29, 0.717) is 39.0 Å². The minimum absolute atomic E-state index is 0.0633.